The van der Waals surface area contributed by atoms with Gasteiger partial charge in [0, 0.05) is 0 Å². The molecule has 3 nitrogen and oxygen atoms in total. The van der Waals surface area contributed by atoms with Crippen molar-refractivity contribution in [2.24, 2.45) is 0 Å². The first-order valence-corrected chi connectivity index (χ1v) is 18.6. The van der Waals surface area contributed by atoms with Gasteiger partial charge in [-0.1, -0.05) is 12.1 Å². The quantitative estimate of drug-likeness (QED) is 0.168. The van der Waals surface area contributed by atoms with E-state index in [9.17, 15) is 0 Å². The van der Waals surface area contributed by atoms with Crippen molar-refractivity contribution >= 4 is 33.8 Å². The molecule has 0 aliphatic heterocycles. The van der Waals surface area contributed by atoms with E-state index in [2.05, 4.69) is 158 Å². The van der Waals surface area contributed by atoms with E-state index in [1.165, 1.54) is 52.7 Å². The molecule has 10 rings (SSSR count). The second-order valence-electron chi connectivity index (χ2n) is 12.7. The van der Waals surface area contributed by atoms with Gasteiger partial charge < -0.3 is 0 Å². The van der Waals surface area contributed by atoms with Crippen LogP contribution in [0.5, 0.6) is 0 Å². The Morgan fingerprint density at radius 1 is 0.380 bits per heavy atom. The molecular weight excluding hydrogens is 673 g/mol. The Morgan fingerprint density at radius 2 is 0.900 bits per heavy atom. The van der Waals surface area contributed by atoms with E-state index in [0.29, 0.717) is 17.5 Å². The number of benzene rings is 7. The first kappa shape index (κ1) is 29.0. The number of hydrogen-bond acceptors (Lipinski definition) is 3. The molecule has 0 N–H and O–H groups in total. The van der Waals surface area contributed by atoms with Gasteiger partial charge >= 0.3 is 285 Å². The molecule has 2 heterocycles. The Hall–Kier alpha value is -5.93. The van der Waals surface area contributed by atoms with Gasteiger partial charge in [-0.15, -0.1) is 0 Å². The molecule has 0 spiro atoms. The van der Waals surface area contributed by atoms with Crippen molar-refractivity contribution in [3.63, 3.8) is 0 Å². The number of aromatic nitrogens is 3. The molecule has 0 radical (unpaired) electrons. The van der Waals surface area contributed by atoms with Crippen molar-refractivity contribution in [2.45, 2.75) is 5.41 Å². The summed E-state index contributed by atoms with van der Waals surface area (Å²) in [6.07, 6.45) is 0. The second kappa shape index (κ2) is 11.6. The molecule has 0 atom stereocenters. The van der Waals surface area contributed by atoms with E-state index in [0.717, 1.165) is 16.7 Å². The first-order chi connectivity index (χ1) is 24.8. The van der Waals surface area contributed by atoms with Crippen LogP contribution in [-0.2, 0) is 5.41 Å². The normalized spacial score (nSPS) is 13.0. The van der Waals surface area contributed by atoms with Gasteiger partial charge in [-0.2, -0.15) is 0 Å². The molecule has 234 valence electrons. The van der Waals surface area contributed by atoms with Crippen molar-refractivity contribution in [1.82, 2.24) is 15.0 Å². The third-order valence-electron chi connectivity index (χ3n) is 10.0. The van der Waals surface area contributed by atoms with Crippen LogP contribution in [0.3, 0.4) is 0 Å². The molecule has 4 heteroatoms. The van der Waals surface area contributed by atoms with E-state index in [4.69, 9.17) is 15.0 Å². The summed E-state index contributed by atoms with van der Waals surface area (Å²) < 4.78 is 2.73. The number of rotatable bonds is 5. The fourth-order valence-corrected chi connectivity index (χ4v) is 10.5. The van der Waals surface area contributed by atoms with Gasteiger partial charge in [0.15, 0.2) is 0 Å². The Kier molecular flexibility index (Phi) is 6.73. The van der Waals surface area contributed by atoms with Gasteiger partial charge in [-0.25, -0.2) is 0 Å². The Balaban J connectivity index is 1.28. The maximum atomic E-state index is 5.37. The third-order valence-corrected chi connectivity index (χ3v) is 12.6. The monoisotopic (exact) mass is 703 g/mol. The molecular formula is C46H29N3Se. The summed E-state index contributed by atoms with van der Waals surface area (Å²) in [5, 5.41) is 2.60. The number of hydrogen-bond donors (Lipinski definition) is 0. The average molecular weight is 703 g/mol. The minimum atomic E-state index is -0.503. The number of fused-ring (bicyclic) bond motifs is 6. The van der Waals surface area contributed by atoms with Crippen LogP contribution < -0.4 is 0 Å². The summed E-state index contributed by atoms with van der Waals surface area (Å²) in [4.78, 5) is 15.8. The van der Waals surface area contributed by atoms with Crippen LogP contribution in [0.15, 0.2) is 176 Å². The van der Waals surface area contributed by atoms with E-state index in [1.807, 2.05) is 18.2 Å². The van der Waals surface area contributed by atoms with Crippen LogP contribution in [0.25, 0.3) is 64.6 Å². The molecule has 1 aliphatic rings. The molecule has 1 aliphatic carbocycles. The molecule has 0 saturated carbocycles. The van der Waals surface area contributed by atoms with Crippen molar-refractivity contribution in [3.8, 4) is 45.3 Å². The Morgan fingerprint density at radius 3 is 1.66 bits per heavy atom. The van der Waals surface area contributed by atoms with Crippen LogP contribution >= 0.6 is 0 Å². The summed E-state index contributed by atoms with van der Waals surface area (Å²) in [5.74, 6) is 2.06. The van der Waals surface area contributed by atoms with Crippen LogP contribution in [0.4, 0.5) is 0 Å². The van der Waals surface area contributed by atoms with Gasteiger partial charge in [-0.3, -0.25) is 0 Å². The molecule has 0 saturated heterocycles. The number of nitrogens with zero attached hydrogens (tertiary/aromatic N) is 3. The van der Waals surface area contributed by atoms with Crippen LogP contribution in [0.1, 0.15) is 22.3 Å². The SMILES string of the molecule is c1ccc(-c2nc(-c3cccc4c3-c3ccccc3C4(c3ccccc3)c3ccccc3)nc(-c3cccc4c3[se]c3ccccc34)n2)cc1. The second-order valence-corrected chi connectivity index (χ2v) is 14.9. The molecule has 7 aromatic carbocycles. The predicted octanol–water partition coefficient (Wildman–Crippen LogP) is 10.6. The molecule has 0 bridgehead atoms. The molecule has 0 amide bonds. The fraction of sp³-hybridized carbons (Fsp3) is 0.0217. The zero-order valence-corrected chi connectivity index (χ0v) is 28.7. The summed E-state index contributed by atoms with van der Waals surface area (Å²) in [5.41, 5.74) is 9.88. The fourth-order valence-electron chi connectivity index (χ4n) is 7.94. The zero-order chi connectivity index (χ0) is 33.1. The summed E-state index contributed by atoms with van der Waals surface area (Å²) >= 11 is 0.153. The topological polar surface area (TPSA) is 38.7 Å². The van der Waals surface area contributed by atoms with Crippen LogP contribution in [0.2, 0.25) is 0 Å². The van der Waals surface area contributed by atoms with E-state index in [-0.39, 0.29) is 14.5 Å². The Labute approximate surface area is 296 Å². The van der Waals surface area contributed by atoms with Gasteiger partial charge in [0.2, 0.25) is 0 Å². The standard InChI is InChI=1S/C46H29N3Se/c1-4-16-30(17-5-1)43-47-44(49-45(48-43)37-26-14-24-34-33-22-11-13-29-40(33)50-42(34)37)36-25-15-28-39-41(36)35-23-10-12-27-38(35)46(39,31-18-6-2-7-19-31)32-20-8-3-9-21-32/h1-29H. The maximum absolute atomic E-state index is 5.37. The van der Waals surface area contributed by atoms with Crippen LogP contribution in [0, 0.1) is 0 Å². The summed E-state index contributed by atoms with van der Waals surface area (Å²) in [6.45, 7) is 0. The predicted molar refractivity (Wildman–Crippen MR) is 205 cm³/mol. The van der Waals surface area contributed by atoms with E-state index < -0.39 is 5.41 Å². The van der Waals surface area contributed by atoms with Gasteiger partial charge in [-0.05, 0) is 0 Å². The minimum absolute atomic E-state index is 0.153. The van der Waals surface area contributed by atoms with Crippen molar-refractivity contribution in [1.29, 1.82) is 0 Å². The third kappa shape index (κ3) is 4.33. The summed E-state index contributed by atoms with van der Waals surface area (Å²) in [7, 11) is 0. The van der Waals surface area contributed by atoms with Gasteiger partial charge in [0.05, 0.1) is 0 Å². The van der Waals surface area contributed by atoms with Crippen LogP contribution in [-0.4, -0.2) is 29.5 Å². The van der Waals surface area contributed by atoms with Crippen molar-refractivity contribution in [2.75, 3.05) is 0 Å². The molecule has 50 heavy (non-hydrogen) atoms. The molecule has 2 aromatic heterocycles. The summed E-state index contributed by atoms with van der Waals surface area (Å²) in [6, 6.07) is 62.9. The van der Waals surface area contributed by atoms with Gasteiger partial charge in [0.25, 0.3) is 0 Å². The van der Waals surface area contributed by atoms with Crippen molar-refractivity contribution in [3.05, 3.63) is 198 Å². The average Bonchev–Trinajstić information content (AvgIpc) is 3.73. The van der Waals surface area contributed by atoms with E-state index >= 15 is 0 Å². The van der Waals surface area contributed by atoms with Crippen molar-refractivity contribution < 1.29 is 0 Å². The molecule has 0 fully saturated rings. The zero-order valence-electron chi connectivity index (χ0n) is 27.0. The van der Waals surface area contributed by atoms with E-state index in [1.54, 1.807) is 0 Å². The first-order valence-electron chi connectivity index (χ1n) is 16.9. The molecule has 9 aromatic rings. The van der Waals surface area contributed by atoms with Gasteiger partial charge in [0.1, 0.15) is 0 Å². The Bertz CT molecular complexity index is 2660. The molecule has 0 unspecified atom stereocenters.